The van der Waals surface area contributed by atoms with E-state index in [0.29, 0.717) is 18.5 Å². The number of rotatable bonds is 5. The van der Waals surface area contributed by atoms with Crippen molar-refractivity contribution >= 4 is 28.9 Å². The second-order valence-electron chi connectivity index (χ2n) is 5.12. The number of carbonyl (C=O) groups is 2. The average molecular weight is 309 g/mol. The molecule has 2 amide bonds. The number of nitrogens with one attached hydrogen (secondary N) is 2. The minimum Gasteiger partial charge on any atom is -0.343 e. The van der Waals surface area contributed by atoms with E-state index >= 15 is 0 Å². The zero-order valence-corrected chi connectivity index (χ0v) is 12.2. The fourth-order valence-corrected chi connectivity index (χ4v) is 2.50. The maximum atomic E-state index is 11.5. The molecular formula is C17H15N3O3. The van der Waals surface area contributed by atoms with Gasteiger partial charge in [-0.05, 0) is 41.3 Å². The molecule has 0 atom stereocenters. The Balaban J connectivity index is 1.90. The van der Waals surface area contributed by atoms with Crippen LogP contribution in [0.15, 0.2) is 54.7 Å². The first kappa shape index (κ1) is 14.8. The summed E-state index contributed by atoms with van der Waals surface area (Å²) >= 11 is 0. The SMILES string of the molecule is O=CNc1ccc(Cn2ccc3ccc(C(=O)NO)cc32)cc1. The fraction of sp³-hybridized carbons (Fsp3) is 0.0588. The van der Waals surface area contributed by atoms with Crippen molar-refractivity contribution in [3.8, 4) is 0 Å². The minimum absolute atomic E-state index is 0.394. The Hall–Kier alpha value is -3.12. The Morgan fingerprint density at radius 1 is 1.13 bits per heavy atom. The standard InChI is InChI=1S/C17H15N3O3/c21-11-18-15-5-1-12(2-6-15)10-20-8-7-13-3-4-14(9-16(13)20)17(22)19-23/h1-9,11,23H,10H2,(H,18,21)(H,19,22). The Labute approximate surface area is 132 Å². The third kappa shape index (κ3) is 3.07. The van der Waals surface area contributed by atoms with Gasteiger partial charge in [-0.15, -0.1) is 0 Å². The normalized spacial score (nSPS) is 10.5. The maximum absolute atomic E-state index is 11.5. The molecule has 23 heavy (non-hydrogen) atoms. The lowest BCUT2D eigenvalue weighted by atomic mass is 10.1. The first-order valence-corrected chi connectivity index (χ1v) is 7.04. The fourth-order valence-electron chi connectivity index (χ4n) is 2.50. The molecule has 0 spiro atoms. The Kier molecular flexibility index (Phi) is 4.07. The number of anilines is 1. The lowest BCUT2D eigenvalue weighted by Gasteiger charge is -2.08. The number of fused-ring (bicyclic) bond motifs is 1. The first-order chi connectivity index (χ1) is 11.2. The van der Waals surface area contributed by atoms with Crippen LogP contribution in [0.25, 0.3) is 10.9 Å². The van der Waals surface area contributed by atoms with Crippen LogP contribution in [0.4, 0.5) is 5.69 Å². The van der Waals surface area contributed by atoms with Gasteiger partial charge in [0.1, 0.15) is 0 Å². The van der Waals surface area contributed by atoms with Crippen LogP contribution in [0.3, 0.4) is 0 Å². The van der Waals surface area contributed by atoms with E-state index in [4.69, 9.17) is 5.21 Å². The highest BCUT2D eigenvalue weighted by Gasteiger charge is 2.08. The van der Waals surface area contributed by atoms with Crippen molar-refractivity contribution in [2.45, 2.75) is 6.54 Å². The van der Waals surface area contributed by atoms with E-state index in [1.54, 1.807) is 17.6 Å². The Bertz CT molecular complexity index is 853. The van der Waals surface area contributed by atoms with Gasteiger partial charge in [0, 0.05) is 29.5 Å². The molecule has 0 bridgehead atoms. The molecule has 3 aromatic rings. The van der Waals surface area contributed by atoms with E-state index in [-0.39, 0.29) is 0 Å². The minimum atomic E-state index is -0.538. The number of aromatic nitrogens is 1. The van der Waals surface area contributed by atoms with Gasteiger partial charge in [-0.25, -0.2) is 5.48 Å². The quantitative estimate of drug-likeness (QED) is 0.384. The molecule has 0 fully saturated rings. The van der Waals surface area contributed by atoms with Crippen LogP contribution in [0.5, 0.6) is 0 Å². The van der Waals surface area contributed by atoms with Crippen LogP contribution >= 0.6 is 0 Å². The molecule has 6 nitrogen and oxygen atoms in total. The highest BCUT2D eigenvalue weighted by atomic mass is 16.5. The molecule has 0 aliphatic rings. The van der Waals surface area contributed by atoms with Crippen molar-refractivity contribution in [2.24, 2.45) is 0 Å². The van der Waals surface area contributed by atoms with Gasteiger partial charge in [-0.3, -0.25) is 14.8 Å². The summed E-state index contributed by atoms with van der Waals surface area (Å²) in [5, 5.41) is 12.4. The number of carbonyl (C=O) groups excluding carboxylic acids is 2. The second kappa shape index (κ2) is 6.33. The summed E-state index contributed by atoms with van der Waals surface area (Å²) in [7, 11) is 0. The Morgan fingerprint density at radius 3 is 2.61 bits per heavy atom. The van der Waals surface area contributed by atoms with Gasteiger partial charge in [0.15, 0.2) is 0 Å². The summed E-state index contributed by atoms with van der Waals surface area (Å²) in [4.78, 5) is 21.9. The predicted molar refractivity (Wildman–Crippen MR) is 86.4 cm³/mol. The summed E-state index contributed by atoms with van der Waals surface area (Å²) in [6.07, 6.45) is 2.59. The van der Waals surface area contributed by atoms with E-state index in [1.165, 1.54) is 0 Å². The van der Waals surface area contributed by atoms with Crippen LogP contribution < -0.4 is 10.8 Å². The van der Waals surface area contributed by atoms with E-state index in [9.17, 15) is 9.59 Å². The summed E-state index contributed by atoms with van der Waals surface area (Å²) in [5.41, 5.74) is 4.74. The van der Waals surface area contributed by atoms with Gasteiger partial charge >= 0.3 is 0 Å². The van der Waals surface area contributed by atoms with Gasteiger partial charge in [-0.1, -0.05) is 18.2 Å². The van der Waals surface area contributed by atoms with Crippen molar-refractivity contribution in [3.05, 3.63) is 65.9 Å². The highest BCUT2D eigenvalue weighted by molar-refractivity contribution is 5.97. The number of hydrogen-bond acceptors (Lipinski definition) is 3. The summed E-state index contributed by atoms with van der Waals surface area (Å²) in [6, 6.07) is 14.7. The zero-order chi connectivity index (χ0) is 16.2. The van der Waals surface area contributed by atoms with Crippen LogP contribution in [0.1, 0.15) is 15.9 Å². The van der Waals surface area contributed by atoms with Crippen molar-refractivity contribution in [1.29, 1.82) is 0 Å². The van der Waals surface area contributed by atoms with Gasteiger partial charge in [-0.2, -0.15) is 0 Å². The number of nitrogens with zero attached hydrogens (tertiary/aromatic N) is 1. The maximum Gasteiger partial charge on any atom is 0.274 e. The van der Waals surface area contributed by atoms with E-state index in [1.807, 2.05) is 47.2 Å². The van der Waals surface area contributed by atoms with Crippen LogP contribution in [-0.2, 0) is 11.3 Å². The lowest BCUT2D eigenvalue weighted by Crippen LogP contribution is -2.18. The topological polar surface area (TPSA) is 83.4 Å². The van der Waals surface area contributed by atoms with E-state index in [2.05, 4.69) is 5.32 Å². The number of benzene rings is 2. The first-order valence-electron chi connectivity index (χ1n) is 7.04. The zero-order valence-electron chi connectivity index (χ0n) is 12.2. The van der Waals surface area contributed by atoms with Crippen molar-refractivity contribution < 1.29 is 14.8 Å². The summed E-state index contributed by atoms with van der Waals surface area (Å²) in [5.74, 6) is -0.538. The van der Waals surface area contributed by atoms with E-state index < -0.39 is 5.91 Å². The molecular weight excluding hydrogens is 294 g/mol. The Morgan fingerprint density at radius 2 is 1.91 bits per heavy atom. The molecule has 1 heterocycles. The van der Waals surface area contributed by atoms with E-state index in [0.717, 1.165) is 22.2 Å². The molecule has 3 rings (SSSR count). The number of amides is 2. The second-order valence-corrected chi connectivity index (χ2v) is 5.12. The van der Waals surface area contributed by atoms with Crippen molar-refractivity contribution in [1.82, 2.24) is 10.0 Å². The number of hydroxylamine groups is 1. The molecule has 0 radical (unpaired) electrons. The average Bonchev–Trinajstić information content (AvgIpc) is 2.98. The molecule has 116 valence electrons. The van der Waals surface area contributed by atoms with Crippen LogP contribution in [0, 0.1) is 0 Å². The van der Waals surface area contributed by atoms with Crippen LogP contribution in [0.2, 0.25) is 0 Å². The largest absolute Gasteiger partial charge is 0.343 e. The molecule has 0 aliphatic heterocycles. The van der Waals surface area contributed by atoms with Gasteiger partial charge in [0.25, 0.3) is 5.91 Å². The molecule has 1 aromatic heterocycles. The third-order valence-electron chi connectivity index (χ3n) is 3.67. The third-order valence-corrected chi connectivity index (χ3v) is 3.67. The smallest absolute Gasteiger partial charge is 0.274 e. The summed E-state index contributed by atoms with van der Waals surface area (Å²) in [6.45, 7) is 0.634. The molecule has 3 N–H and O–H groups in total. The van der Waals surface area contributed by atoms with Gasteiger partial charge in [0.05, 0.1) is 0 Å². The molecule has 6 heteroatoms. The molecule has 0 saturated carbocycles. The predicted octanol–water partition coefficient (Wildman–Crippen LogP) is 2.38. The summed E-state index contributed by atoms with van der Waals surface area (Å²) < 4.78 is 2.02. The number of hydrogen-bond donors (Lipinski definition) is 3. The molecule has 0 aliphatic carbocycles. The molecule has 0 unspecified atom stereocenters. The lowest BCUT2D eigenvalue weighted by molar-refractivity contribution is -0.105. The van der Waals surface area contributed by atoms with Crippen molar-refractivity contribution in [2.75, 3.05) is 5.32 Å². The van der Waals surface area contributed by atoms with Gasteiger partial charge < -0.3 is 9.88 Å². The van der Waals surface area contributed by atoms with Gasteiger partial charge in [0.2, 0.25) is 6.41 Å². The highest BCUT2D eigenvalue weighted by Crippen LogP contribution is 2.20. The molecule has 0 saturated heterocycles. The van der Waals surface area contributed by atoms with Crippen LogP contribution in [-0.4, -0.2) is 22.1 Å². The monoisotopic (exact) mass is 309 g/mol. The molecule has 2 aromatic carbocycles. The van der Waals surface area contributed by atoms with Crippen molar-refractivity contribution in [3.63, 3.8) is 0 Å².